The van der Waals surface area contributed by atoms with Gasteiger partial charge >= 0.3 is 5.97 Å². The van der Waals surface area contributed by atoms with Gasteiger partial charge in [0, 0.05) is 12.9 Å². The summed E-state index contributed by atoms with van der Waals surface area (Å²) in [6.07, 6.45) is 4.90. The van der Waals surface area contributed by atoms with Gasteiger partial charge in [-0.15, -0.1) is 11.8 Å². The lowest BCUT2D eigenvalue weighted by Crippen LogP contribution is -2.54. The predicted octanol–water partition coefficient (Wildman–Crippen LogP) is 1.66. The van der Waals surface area contributed by atoms with Crippen molar-refractivity contribution in [3.8, 4) is 0 Å². The number of carbonyl (C=O) groups is 2. The third kappa shape index (κ3) is 5.40. The molecule has 1 aliphatic rings. The Bertz CT molecular complexity index is 301. The minimum absolute atomic E-state index is 0.189. The molecule has 0 aromatic heterocycles. The summed E-state index contributed by atoms with van der Waals surface area (Å²) in [5, 5.41) is 12.2. The highest BCUT2D eigenvalue weighted by atomic mass is 32.2. The average molecular weight is 289 g/mol. The first-order valence-corrected chi connectivity index (χ1v) is 7.87. The molecule has 0 spiro atoms. The lowest BCUT2D eigenvalue weighted by atomic mass is 9.90. The minimum Gasteiger partial charge on any atom is -0.480 e. The second kappa shape index (κ2) is 8.43. The molecule has 1 aliphatic carbocycles. The van der Waals surface area contributed by atoms with E-state index in [9.17, 15) is 14.7 Å². The molecular formula is C13H23NO4S. The first kappa shape index (κ1) is 16.3. The second-order valence-electron chi connectivity index (χ2n) is 4.90. The van der Waals surface area contributed by atoms with Gasteiger partial charge in [0.15, 0.2) is 0 Å². The number of carboxylic acid groups (broad SMARTS) is 1. The standard InChI is InChI=1S/C13H23NO4S/c1-18-8-9-19-10-11(15)14-13(12(16)17)6-4-2-3-5-7-13/h2-10H2,1H3,(H,14,15)(H,16,17). The molecule has 19 heavy (non-hydrogen) atoms. The number of aliphatic carboxylic acids is 1. The van der Waals surface area contributed by atoms with Gasteiger partial charge < -0.3 is 15.2 Å². The van der Waals surface area contributed by atoms with Crippen LogP contribution >= 0.6 is 11.8 Å². The molecule has 2 N–H and O–H groups in total. The van der Waals surface area contributed by atoms with Gasteiger partial charge in [0.25, 0.3) is 0 Å². The van der Waals surface area contributed by atoms with Gasteiger partial charge in [-0.25, -0.2) is 4.79 Å². The number of hydrogen-bond donors (Lipinski definition) is 2. The molecule has 0 unspecified atom stereocenters. The van der Waals surface area contributed by atoms with Crippen LogP contribution in [0.3, 0.4) is 0 Å². The predicted molar refractivity (Wildman–Crippen MR) is 75.4 cm³/mol. The van der Waals surface area contributed by atoms with E-state index in [0.717, 1.165) is 31.4 Å². The molecule has 1 rings (SSSR count). The molecule has 5 nitrogen and oxygen atoms in total. The zero-order chi connectivity index (χ0) is 14.1. The number of nitrogens with one attached hydrogen (secondary N) is 1. The van der Waals surface area contributed by atoms with E-state index in [2.05, 4.69) is 5.32 Å². The Labute approximate surface area is 118 Å². The number of methoxy groups -OCH3 is 1. The van der Waals surface area contributed by atoms with E-state index in [1.807, 2.05) is 0 Å². The van der Waals surface area contributed by atoms with Gasteiger partial charge in [-0.3, -0.25) is 4.79 Å². The van der Waals surface area contributed by atoms with Crippen LogP contribution in [0.2, 0.25) is 0 Å². The SMILES string of the molecule is COCCSCC(=O)NC1(C(=O)O)CCCCCC1. The number of carbonyl (C=O) groups excluding carboxylic acids is 1. The quantitative estimate of drug-likeness (QED) is 0.550. The summed E-state index contributed by atoms with van der Waals surface area (Å²) in [6, 6.07) is 0. The van der Waals surface area contributed by atoms with Crippen molar-refractivity contribution in [2.45, 2.75) is 44.1 Å². The highest BCUT2D eigenvalue weighted by Crippen LogP contribution is 2.27. The Morgan fingerprint density at radius 3 is 2.42 bits per heavy atom. The van der Waals surface area contributed by atoms with E-state index in [1.165, 1.54) is 11.8 Å². The fraction of sp³-hybridized carbons (Fsp3) is 0.846. The molecular weight excluding hydrogens is 266 g/mol. The summed E-state index contributed by atoms with van der Waals surface area (Å²) < 4.78 is 4.90. The van der Waals surface area contributed by atoms with Crippen molar-refractivity contribution in [3.05, 3.63) is 0 Å². The van der Waals surface area contributed by atoms with E-state index in [1.54, 1.807) is 7.11 Å². The van der Waals surface area contributed by atoms with E-state index in [4.69, 9.17) is 4.74 Å². The van der Waals surface area contributed by atoms with Crippen molar-refractivity contribution < 1.29 is 19.4 Å². The Morgan fingerprint density at radius 1 is 1.26 bits per heavy atom. The third-order valence-electron chi connectivity index (χ3n) is 3.41. The van der Waals surface area contributed by atoms with Crippen molar-refractivity contribution in [2.24, 2.45) is 0 Å². The van der Waals surface area contributed by atoms with Crippen LogP contribution in [0.1, 0.15) is 38.5 Å². The van der Waals surface area contributed by atoms with Crippen molar-refractivity contribution in [1.29, 1.82) is 0 Å². The smallest absolute Gasteiger partial charge is 0.329 e. The summed E-state index contributed by atoms with van der Waals surface area (Å²) in [5.74, 6) is -0.0578. The number of hydrogen-bond acceptors (Lipinski definition) is 4. The first-order valence-electron chi connectivity index (χ1n) is 6.72. The number of ether oxygens (including phenoxy) is 1. The van der Waals surface area contributed by atoms with Crippen molar-refractivity contribution in [3.63, 3.8) is 0 Å². The second-order valence-corrected chi connectivity index (χ2v) is 6.00. The molecule has 1 fully saturated rings. The number of rotatable bonds is 7. The third-order valence-corrected chi connectivity index (χ3v) is 4.33. The Morgan fingerprint density at radius 2 is 1.89 bits per heavy atom. The Hall–Kier alpha value is -0.750. The van der Waals surface area contributed by atoms with E-state index < -0.39 is 11.5 Å². The van der Waals surface area contributed by atoms with Crippen LogP contribution in [0, 0.1) is 0 Å². The van der Waals surface area contributed by atoms with Crippen LogP contribution in [-0.2, 0) is 14.3 Å². The summed E-state index contributed by atoms with van der Waals surface area (Å²) in [6.45, 7) is 0.599. The molecule has 110 valence electrons. The largest absolute Gasteiger partial charge is 0.480 e. The first-order chi connectivity index (χ1) is 9.10. The van der Waals surface area contributed by atoms with Crippen LogP contribution in [0.15, 0.2) is 0 Å². The minimum atomic E-state index is -1.05. The van der Waals surface area contributed by atoms with Crippen molar-refractivity contribution >= 4 is 23.6 Å². The number of thioether (sulfide) groups is 1. The zero-order valence-corrected chi connectivity index (χ0v) is 12.3. The zero-order valence-electron chi connectivity index (χ0n) is 11.4. The fourth-order valence-electron chi connectivity index (χ4n) is 2.33. The average Bonchev–Trinajstić information content (AvgIpc) is 2.61. The summed E-state index contributed by atoms with van der Waals surface area (Å²) in [7, 11) is 1.62. The number of amides is 1. The molecule has 0 bridgehead atoms. The van der Waals surface area contributed by atoms with Crippen LogP contribution in [0.4, 0.5) is 0 Å². The molecule has 0 saturated heterocycles. The van der Waals surface area contributed by atoms with E-state index in [0.29, 0.717) is 25.2 Å². The lowest BCUT2D eigenvalue weighted by Gasteiger charge is -2.29. The Balaban J connectivity index is 2.48. The normalized spacial score (nSPS) is 18.6. The highest BCUT2D eigenvalue weighted by molar-refractivity contribution is 7.99. The van der Waals surface area contributed by atoms with Gasteiger partial charge in [-0.1, -0.05) is 25.7 Å². The van der Waals surface area contributed by atoms with Crippen LogP contribution in [0.25, 0.3) is 0 Å². The molecule has 0 radical (unpaired) electrons. The topological polar surface area (TPSA) is 75.6 Å². The molecule has 0 aromatic carbocycles. The van der Waals surface area contributed by atoms with Gasteiger partial charge in [0.2, 0.25) is 5.91 Å². The summed E-state index contributed by atoms with van der Waals surface area (Å²) >= 11 is 1.46. The molecule has 0 aliphatic heterocycles. The summed E-state index contributed by atoms with van der Waals surface area (Å²) in [4.78, 5) is 23.4. The van der Waals surface area contributed by atoms with Crippen LogP contribution in [-0.4, -0.2) is 47.7 Å². The van der Waals surface area contributed by atoms with Gasteiger partial charge in [0.05, 0.1) is 12.4 Å². The van der Waals surface area contributed by atoms with E-state index >= 15 is 0 Å². The molecule has 1 amide bonds. The molecule has 0 heterocycles. The maximum Gasteiger partial charge on any atom is 0.329 e. The lowest BCUT2D eigenvalue weighted by molar-refractivity contribution is -0.148. The van der Waals surface area contributed by atoms with Gasteiger partial charge in [-0.2, -0.15) is 0 Å². The Kier molecular flexibility index (Phi) is 7.23. The monoisotopic (exact) mass is 289 g/mol. The van der Waals surface area contributed by atoms with E-state index in [-0.39, 0.29) is 5.91 Å². The molecule has 0 aromatic rings. The fourth-order valence-corrected chi connectivity index (χ4v) is 3.02. The molecule has 6 heteroatoms. The van der Waals surface area contributed by atoms with Gasteiger partial charge in [0.1, 0.15) is 5.54 Å². The van der Waals surface area contributed by atoms with Crippen molar-refractivity contribution in [2.75, 3.05) is 25.2 Å². The maximum absolute atomic E-state index is 11.9. The van der Waals surface area contributed by atoms with Crippen LogP contribution < -0.4 is 5.32 Å². The highest BCUT2D eigenvalue weighted by Gasteiger charge is 2.39. The number of carboxylic acids is 1. The van der Waals surface area contributed by atoms with Crippen molar-refractivity contribution in [1.82, 2.24) is 5.32 Å². The molecule has 1 saturated carbocycles. The van der Waals surface area contributed by atoms with Gasteiger partial charge in [-0.05, 0) is 12.8 Å². The van der Waals surface area contributed by atoms with Crippen LogP contribution in [0.5, 0.6) is 0 Å². The molecule has 0 atom stereocenters. The maximum atomic E-state index is 11.9. The summed E-state index contributed by atoms with van der Waals surface area (Å²) in [5.41, 5.74) is -1.05.